The predicted octanol–water partition coefficient (Wildman–Crippen LogP) is 2.35. The van der Waals surface area contributed by atoms with Crippen LogP contribution < -0.4 is 0 Å². The van der Waals surface area contributed by atoms with E-state index in [4.69, 9.17) is 0 Å². The molecule has 1 fully saturated rings. The van der Waals surface area contributed by atoms with E-state index < -0.39 is 0 Å². The number of nitrogens with zero attached hydrogens (tertiary/aromatic N) is 2. The molecular formula is C14H21FN2. The molecular weight excluding hydrogens is 215 g/mol. The summed E-state index contributed by atoms with van der Waals surface area (Å²) in [4.78, 5) is 4.64. The highest BCUT2D eigenvalue weighted by molar-refractivity contribution is 5.17. The van der Waals surface area contributed by atoms with E-state index in [9.17, 15) is 4.39 Å². The number of hydrogen-bond acceptors (Lipinski definition) is 2. The average Bonchev–Trinajstić information content (AvgIpc) is 2.33. The first-order chi connectivity index (χ1) is 8.16. The fourth-order valence-corrected chi connectivity index (χ4v) is 2.46. The molecule has 0 amide bonds. The number of benzene rings is 1. The van der Waals surface area contributed by atoms with Crippen molar-refractivity contribution in [3.05, 3.63) is 35.6 Å². The Balaban J connectivity index is 1.93. The van der Waals surface area contributed by atoms with Crippen LogP contribution in [0.3, 0.4) is 0 Å². The second-order valence-corrected chi connectivity index (χ2v) is 5.04. The van der Waals surface area contributed by atoms with Crippen molar-refractivity contribution in [1.82, 2.24) is 9.80 Å². The molecule has 1 heterocycles. The smallest absolute Gasteiger partial charge is 0.127 e. The molecule has 2 rings (SSSR count). The first-order valence-electron chi connectivity index (χ1n) is 6.29. The highest BCUT2D eigenvalue weighted by atomic mass is 19.1. The molecule has 0 aliphatic carbocycles. The van der Waals surface area contributed by atoms with Crippen LogP contribution >= 0.6 is 0 Å². The van der Waals surface area contributed by atoms with Crippen molar-refractivity contribution in [2.24, 2.45) is 0 Å². The van der Waals surface area contributed by atoms with Crippen LogP contribution in [0.5, 0.6) is 0 Å². The standard InChI is InChI=1S/C14H21FN2/c1-16-9-7-13(8-10-16)17(2)11-12-5-3-4-6-14(12)15/h3-6,13H,7-11H2,1-2H3. The summed E-state index contributed by atoms with van der Waals surface area (Å²) in [5, 5.41) is 0. The Bertz CT molecular complexity index is 359. The van der Waals surface area contributed by atoms with Gasteiger partial charge in [-0.1, -0.05) is 18.2 Å². The summed E-state index contributed by atoms with van der Waals surface area (Å²) in [6.45, 7) is 3.00. The summed E-state index contributed by atoms with van der Waals surface area (Å²) in [7, 11) is 4.26. The predicted molar refractivity (Wildman–Crippen MR) is 68.4 cm³/mol. The maximum absolute atomic E-state index is 13.5. The Labute approximate surface area is 103 Å². The molecule has 1 aliphatic rings. The summed E-state index contributed by atoms with van der Waals surface area (Å²) in [5.74, 6) is -0.0905. The van der Waals surface area contributed by atoms with Crippen molar-refractivity contribution < 1.29 is 4.39 Å². The van der Waals surface area contributed by atoms with Gasteiger partial charge in [-0.15, -0.1) is 0 Å². The maximum atomic E-state index is 13.5. The summed E-state index contributed by atoms with van der Waals surface area (Å²) < 4.78 is 13.5. The van der Waals surface area contributed by atoms with E-state index in [2.05, 4.69) is 23.9 Å². The van der Waals surface area contributed by atoms with Crippen LogP contribution in [-0.2, 0) is 6.54 Å². The molecule has 0 N–H and O–H groups in total. The first kappa shape index (κ1) is 12.5. The number of hydrogen-bond donors (Lipinski definition) is 0. The molecule has 0 saturated carbocycles. The zero-order valence-electron chi connectivity index (χ0n) is 10.7. The van der Waals surface area contributed by atoms with Crippen LogP contribution in [-0.4, -0.2) is 43.0 Å². The minimum atomic E-state index is -0.0905. The Morgan fingerprint density at radius 3 is 2.59 bits per heavy atom. The fourth-order valence-electron chi connectivity index (χ4n) is 2.46. The molecule has 1 aromatic carbocycles. The van der Waals surface area contributed by atoms with Crippen molar-refractivity contribution in [3.63, 3.8) is 0 Å². The number of halogens is 1. The summed E-state index contributed by atoms with van der Waals surface area (Å²) >= 11 is 0. The van der Waals surface area contributed by atoms with Crippen molar-refractivity contribution >= 4 is 0 Å². The van der Waals surface area contributed by atoms with E-state index in [1.165, 1.54) is 18.9 Å². The molecule has 1 aromatic rings. The number of rotatable bonds is 3. The lowest BCUT2D eigenvalue weighted by molar-refractivity contribution is 0.138. The lowest BCUT2D eigenvalue weighted by atomic mass is 10.0. The molecule has 0 spiro atoms. The van der Waals surface area contributed by atoms with Gasteiger partial charge in [0.05, 0.1) is 0 Å². The van der Waals surface area contributed by atoms with Crippen molar-refractivity contribution in [2.45, 2.75) is 25.4 Å². The molecule has 0 atom stereocenters. The first-order valence-corrected chi connectivity index (χ1v) is 6.29. The summed E-state index contributed by atoms with van der Waals surface area (Å²) in [5.41, 5.74) is 0.800. The summed E-state index contributed by atoms with van der Waals surface area (Å²) in [6.07, 6.45) is 2.36. The van der Waals surface area contributed by atoms with Gasteiger partial charge in [0.25, 0.3) is 0 Å². The molecule has 0 unspecified atom stereocenters. The second kappa shape index (κ2) is 5.61. The van der Waals surface area contributed by atoms with Crippen LogP contribution in [0.25, 0.3) is 0 Å². The largest absolute Gasteiger partial charge is 0.306 e. The SMILES string of the molecule is CN1CCC(N(C)Cc2ccccc2F)CC1. The molecule has 1 saturated heterocycles. The van der Waals surface area contributed by atoms with Gasteiger partial charge in [0.1, 0.15) is 5.82 Å². The Kier molecular flexibility index (Phi) is 4.13. The molecule has 1 aliphatic heterocycles. The monoisotopic (exact) mass is 236 g/mol. The van der Waals surface area contributed by atoms with Crippen LogP contribution in [0.4, 0.5) is 4.39 Å². The summed E-state index contributed by atoms with van der Waals surface area (Å²) in [6, 6.07) is 7.65. The van der Waals surface area contributed by atoms with Crippen LogP contribution in [0.15, 0.2) is 24.3 Å². The van der Waals surface area contributed by atoms with Gasteiger partial charge in [-0.25, -0.2) is 4.39 Å². The van der Waals surface area contributed by atoms with Gasteiger partial charge in [-0.3, -0.25) is 4.90 Å². The normalized spacial score (nSPS) is 18.8. The van der Waals surface area contributed by atoms with E-state index in [1.54, 1.807) is 6.07 Å². The third-order valence-electron chi connectivity index (χ3n) is 3.69. The maximum Gasteiger partial charge on any atom is 0.127 e. The van der Waals surface area contributed by atoms with Gasteiger partial charge in [-0.2, -0.15) is 0 Å². The van der Waals surface area contributed by atoms with Crippen LogP contribution in [0.2, 0.25) is 0 Å². The molecule has 2 nitrogen and oxygen atoms in total. The zero-order chi connectivity index (χ0) is 12.3. The number of likely N-dealkylation sites (tertiary alicyclic amines) is 1. The third-order valence-corrected chi connectivity index (χ3v) is 3.69. The van der Waals surface area contributed by atoms with Crippen LogP contribution in [0, 0.1) is 5.82 Å². The zero-order valence-corrected chi connectivity index (χ0v) is 10.7. The molecule has 0 radical (unpaired) electrons. The van der Waals surface area contributed by atoms with Gasteiger partial charge in [0.2, 0.25) is 0 Å². The lowest BCUT2D eigenvalue weighted by Gasteiger charge is -2.35. The molecule has 17 heavy (non-hydrogen) atoms. The Morgan fingerprint density at radius 1 is 1.29 bits per heavy atom. The molecule has 0 bridgehead atoms. The van der Waals surface area contributed by atoms with E-state index in [1.807, 2.05) is 12.1 Å². The molecule has 94 valence electrons. The number of piperidine rings is 1. The highest BCUT2D eigenvalue weighted by Crippen LogP contribution is 2.17. The lowest BCUT2D eigenvalue weighted by Crippen LogP contribution is -2.41. The van der Waals surface area contributed by atoms with Gasteiger partial charge in [-0.05, 0) is 46.1 Å². The van der Waals surface area contributed by atoms with Crippen molar-refractivity contribution in [3.8, 4) is 0 Å². The van der Waals surface area contributed by atoms with Gasteiger partial charge >= 0.3 is 0 Å². The molecule has 3 heteroatoms. The quantitative estimate of drug-likeness (QED) is 0.795. The van der Waals surface area contributed by atoms with Gasteiger partial charge in [0, 0.05) is 18.2 Å². The van der Waals surface area contributed by atoms with E-state index in [0.29, 0.717) is 12.6 Å². The van der Waals surface area contributed by atoms with Gasteiger partial charge in [0.15, 0.2) is 0 Å². The topological polar surface area (TPSA) is 6.48 Å². The Hall–Kier alpha value is -0.930. The fraction of sp³-hybridized carbons (Fsp3) is 0.571. The van der Waals surface area contributed by atoms with Crippen molar-refractivity contribution in [2.75, 3.05) is 27.2 Å². The highest BCUT2D eigenvalue weighted by Gasteiger charge is 2.20. The third kappa shape index (κ3) is 3.27. The minimum absolute atomic E-state index is 0.0905. The van der Waals surface area contributed by atoms with Gasteiger partial charge < -0.3 is 4.90 Å². The van der Waals surface area contributed by atoms with Crippen molar-refractivity contribution in [1.29, 1.82) is 0 Å². The van der Waals surface area contributed by atoms with E-state index in [-0.39, 0.29) is 5.82 Å². The van der Waals surface area contributed by atoms with E-state index >= 15 is 0 Å². The van der Waals surface area contributed by atoms with Crippen LogP contribution in [0.1, 0.15) is 18.4 Å². The second-order valence-electron chi connectivity index (χ2n) is 5.04. The molecule has 0 aromatic heterocycles. The van der Waals surface area contributed by atoms with E-state index in [0.717, 1.165) is 18.7 Å². The minimum Gasteiger partial charge on any atom is -0.306 e. The Morgan fingerprint density at radius 2 is 1.94 bits per heavy atom. The average molecular weight is 236 g/mol.